The minimum absolute atomic E-state index is 0. The molecule has 1 heterocycles. The second-order valence-electron chi connectivity index (χ2n) is 4.82. The summed E-state index contributed by atoms with van der Waals surface area (Å²) in [6.45, 7) is 3.57. The largest absolute Gasteiger partial charge is 0.339 e. The summed E-state index contributed by atoms with van der Waals surface area (Å²) < 4.78 is 0. The number of nitrogens with zero attached hydrogens (tertiary/aromatic N) is 1. The summed E-state index contributed by atoms with van der Waals surface area (Å²) >= 11 is 5.98. The van der Waals surface area contributed by atoms with Gasteiger partial charge in [0.1, 0.15) is 0 Å². The Hall–Kier alpha value is -0.770. The van der Waals surface area contributed by atoms with Crippen molar-refractivity contribution in [2.45, 2.75) is 25.8 Å². The summed E-state index contributed by atoms with van der Waals surface area (Å²) in [4.78, 5) is 14.2. The molecule has 0 atom stereocenters. The highest BCUT2D eigenvalue weighted by atomic mass is 35.5. The lowest BCUT2D eigenvalue weighted by Crippen LogP contribution is -2.43. The SMILES string of the molecule is CNC1CCN(C(=O)c2ccc(Cl)c(C)c2)CC1.Cl. The molecular formula is C14H20Cl2N2O. The van der Waals surface area contributed by atoms with E-state index in [1.807, 2.05) is 31.0 Å². The maximum absolute atomic E-state index is 12.3. The fraction of sp³-hybridized carbons (Fsp3) is 0.500. The Balaban J connectivity index is 0.00000180. The van der Waals surface area contributed by atoms with Gasteiger partial charge in [-0.05, 0) is 50.6 Å². The summed E-state index contributed by atoms with van der Waals surface area (Å²) in [6.07, 6.45) is 2.05. The molecule has 0 radical (unpaired) electrons. The summed E-state index contributed by atoms with van der Waals surface area (Å²) in [5.41, 5.74) is 1.69. The quantitative estimate of drug-likeness (QED) is 0.911. The van der Waals surface area contributed by atoms with Crippen LogP contribution in [-0.2, 0) is 0 Å². The van der Waals surface area contributed by atoms with Crippen LogP contribution in [0.2, 0.25) is 5.02 Å². The maximum atomic E-state index is 12.3. The van der Waals surface area contributed by atoms with Crippen molar-refractivity contribution in [1.29, 1.82) is 0 Å². The first-order chi connectivity index (χ1) is 8.61. The molecule has 1 aromatic rings. The van der Waals surface area contributed by atoms with Gasteiger partial charge in [0.2, 0.25) is 0 Å². The van der Waals surface area contributed by atoms with Crippen molar-refractivity contribution in [2.75, 3.05) is 20.1 Å². The zero-order valence-corrected chi connectivity index (χ0v) is 12.9. The molecule has 0 spiro atoms. The van der Waals surface area contributed by atoms with E-state index in [0.717, 1.165) is 37.1 Å². The van der Waals surface area contributed by atoms with Crippen LogP contribution in [0.4, 0.5) is 0 Å². The number of likely N-dealkylation sites (tertiary alicyclic amines) is 1. The van der Waals surface area contributed by atoms with Gasteiger partial charge in [-0.15, -0.1) is 12.4 Å². The smallest absolute Gasteiger partial charge is 0.253 e. The first kappa shape index (κ1) is 16.3. The summed E-state index contributed by atoms with van der Waals surface area (Å²) in [6, 6.07) is 6.02. The highest BCUT2D eigenvalue weighted by Crippen LogP contribution is 2.19. The fourth-order valence-electron chi connectivity index (χ4n) is 2.33. The van der Waals surface area contributed by atoms with Crippen LogP contribution in [0.1, 0.15) is 28.8 Å². The first-order valence-electron chi connectivity index (χ1n) is 6.34. The van der Waals surface area contributed by atoms with Crippen molar-refractivity contribution in [3.05, 3.63) is 34.3 Å². The van der Waals surface area contributed by atoms with Crippen LogP contribution in [-0.4, -0.2) is 37.0 Å². The van der Waals surface area contributed by atoms with Gasteiger partial charge in [-0.1, -0.05) is 11.6 Å². The molecule has 1 fully saturated rings. The minimum Gasteiger partial charge on any atom is -0.339 e. The van der Waals surface area contributed by atoms with E-state index >= 15 is 0 Å². The van der Waals surface area contributed by atoms with E-state index < -0.39 is 0 Å². The molecule has 1 saturated heterocycles. The molecule has 5 heteroatoms. The molecule has 1 aromatic carbocycles. The lowest BCUT2D eigenvalue weighted by molar-refractivity contribution is 0.0707. The maximum Gasteiger partial charge on any atom is 0.253 e. The Morgan fingerprint density at radius 1 is 1.37 bits per heavy atom. The number of aryl methyl sites for hydroxylation is 1. The third kappa shape index (κ3) is 3.85. The van der Waals surface area contributed by atoms with Gasteiger partial charge >= 0.3 is 0 Å². The third-order valence-corrected chi connectivity index (χ3v) is 4.02. The van der Waals surface area contributed by atoms with Gasteiger partial charge in [-0.25, -0.2) is 0 Å². The van der Waals surface area contributed by atoms with E-state index in [4.69, 9.17) is 11.6 Å². The van der Waals surface area contributed by atoms with Crippen molar-refractivity contribution in [3.8, 4) is 0 Å². The molecule has 1 amide bonds. The number of hydrogen-bond acceptors (Lipinski definition) is 2. The van der Waals surface area contributed by atoms with E-state index in [1.165, 1.54) is 0 Å². The molecule has 0 unspecified atom stereocenters. The van der Waals surface area contributed by atoms with Crippen molar-refractivity contribution < 1.29 is 4.79 Å². The Kier molecular flexibility index (Phi) is 6.11. The zero-order chi connectivity index (χ0) is 13.1. The summed E-state index contributed by atoms with van der Waals surface area (Å²) in [7, 11) is 1.98. The van der Waals surface area contributed by atoms with Gasteiger partial charge in [0.05, 0.1) is 0 Å². The highest BCUT2D eigenvalue weighted by molar-refractivity contribution is 6.31. The molecule has 1 N–H and O–H groups in total. The number of carbonyl (C=O) groups is 1. The molecule has 106 valence electrons. The average Bonchev–Trinajstić information content (AvgIpc) is 2.41. The Labute approximate surface area is 125 Å². The number of benzene rings is 1. The van der Waals surface area contributed by atoms with Crippen LogP contribution >= 0.6 is 24.0 Å². The van der Waals surface area contributed by atoms with Crippen molar-refractivity contribution in [1.82, 2.24) is 10.2 Å². The summed E-state index contributed by atoms with van der Waals surface area (Å²) in [5, 5.41) is 3.97. The Morgan fingerprint density at radius 3 is 2.53 bits per heavy atom. The molecular weight excluding hydrogens is 283 g/mol. The predicted molar refractivity (Wildman–Crippen MR) is 81.4 cm³/mol. The lowest BCUT2D eigenvalue weighted by atomic mass is 10.0. The molecule has 19 heavy (non-hydrogen) atoms. The number of piperidine rings is 1. The molecule has 2 rings (SSSR count). The molecule has 1 aliphatic rings. The highest BCUT2D eigenvalue weighted by Gasteiger charge is 2.22. The number of hydrogen-bond donors (Lipinski definition) is 1. The van der Waals surface area contributed by atoms with Crippen LogP contribution in [0.3, 0.4) is 0 Å². The monoisotopic (exact) mass is 302 g/mol. The predicted octanol–water partition coefficient (Wildman–Crippen LogP) is 2.89. The number of halogens is 2. The zero-order valence-electron chi connectivity index (χ0n) is 11.3. The molecule has 0 aromatic heterocycles. The van der Waals surface area contributed by atoms with E-state index in [1.54, 1.807) is 6.07 Å². The third-order valence-electron chi connectivity index (χ3n) is 3.60. The van der Waals surface area contributed by atoms with E-state index in [9.17, 15) is 4.79 Å². The van der Waals surface area contributed by atoms with Crippen LogP contribution in [0.25, 0.3) is 0 Å². The molecule has 0 saturated carbocycles. The molecule has 1 aliphatic heterocycles. The van der Waals surface area contributed by atoms with Crippen molar-refractivity contribution in [3.63, 3.8) is 0 Å². The summed E-state index contributed by atoms with van der Waals surface area (Å²) in [5.74, 6) is 0.115. The molecule has 0 aliphatic carbocycles. The van der Waals surface area contributed by atoms with Gasteiger partial charge in [0.25, 0.3) is 5.91 Å². The number of amides is 1. The second kappa shape index (κ2) is 7.13. The first-order valence-corrected chi connectivity index (χ1v) is 6.72. The lowest BCUT2D eigenvalue weighted by Gasteiger charge is -2.32. The van der Waals surface area contributed by atoms with Crippen LogP contribution < -0.4 is 5.32 Å². The van der Waals surface area contributed by atoms with Crippen LogP contribution in [0.15, 0.2) is 18.2 Å². The Bertz CT molecular complexity index is 443. The van der Waals surface area contributed by atoms with E-state index in [2.05, 4.69) is 5.32 Å². The van der Waals surface area contributed by atoms with Gasteiger partial charge in [0, 0.05) is 29.7 Å². The van der Waals surface area contributed by atoms with Gasteiger partial charge in [-0.2, -0.15) is 0 Å². The number of carbonyl (C=O) groups excluding carboxylic acids is 1. The van der Waals surface area contributed by atoms with Crippen LogP contribution in [0.5, 0.6) is 0 Å². The van der Waals surface area contributed by atoms with Crippen molar-refractivity contribution in [2.24, 2.45) is 0 Å². The number of nitrogens with one attached hydrogen (secondary N) is 1. The normalized spacial score (nSPS) is 16.1. The standard InChI is InChI=1S/C14H19ClN2O.ClH/c1-10-9-11(3-4-13(10)15)14(18)17-7-5-12(16-2)6-8-17;/h3-4,9,12,16H,5-8H2,1-2H3;1H. The molecule has 0 bridgehead atoms. The number of rotatable bonds is 2. The molecule has 3 nitrogen and oxygen atoms in total. The topological polar surface area (TPSA) is 32.3 Å². The fourth-order valence-corrected chi connectivity index (χ4v) is 2.45. The van der Waals surface area contributed by atoms with Gasteiger partial charge in [-0.3, -0.25) is 4.79 Å². The average molecular weight is 303 g/mol. The van der Waals surface area contributed by atoms with Crippen molar-refractivity contribution >= 4 is 29.9 Å². The van der Waals surface area contributed by atoms with E-state index in [0.29, 0.717) is 11.1 Å². The van der Waals surface area contributed by atoms with E-state index in [-0.39, 0.29) is 18.3 Å². The Morgan fingerprint density at radius 2 is 2.00 bits per heavy atom. The van der Waals surface area contributed by atoms with Gasteiger partial charge in [0.15, 0.2) is 0 Å². The second-order valence-corrected chi connectivity index (χ2v) is 5.23. The van der Waals surface area contributed by atoms with Gasteiger partial charge < -0.3 is 10.2 Å². The van der Waals surface area contributed by atoms with Crippen LogP contribution in [0, 0.1) is 6.92 Å². The minimum atomic E-state index is 0.